The van der Waals surface area contributed by atoms with E-state index in [-0.39, 0.29) is 12.0 Å². The fourth-order valence-electron chi connectivity index (χ4n) is 1.92. The van der Waals surface area contributed by atoms with Crippen molar-refractivity contribution in [2.45, 2.75) is 38.8 Å². The van der Waals surface area contributed by atoms with Gasteiger partial charge in [-0.15, -0.1) is 0 Å². The van der Waals surface area contributed by atoms with Gasteiger partial charge in [0.25, 0.3) is 5.91 Å². The number of ether oxygens (including phenoxy) is 1. The van der Waals surface area contributed by atoms with Crippen molar-refractivity contribution in [2.24, 2.45) is 0 Å². The molecule has 1 N–H and O–H groups in total. The van der Waals surface area contributed by atoms with Crippen molar-refractivity contribution < 1.29 is 27.9 Å². The van der Waals surface area contributed by atoms with Gasteiger partial charge in [-0.05, 0) is 38.5 Å². The summed E-state index contributed by atoms with van der Waals surface area (Å²) in [5, 5.41) is 3.31. The molecule has 0 saturated heterocycles. The van der Waals surface area contributed by atoms with Gasteiger partial charge in [0.1, 0.15) is 23.3 Å². The van der Waals surface area contributed by atoms with Crippen molar-refractivity contribution in [3.8, 4) is 0 Å². The lowest BCUT2D eigenvalue weighted by Gasteiger charge is -2.25. The highest BCUT2D eigenvalue weighted by Gasteiger charge is 2.27. The van der Waals surface area contributed by atoms with Crippen LogP contribution in [-0.2, 0) is 20.8 Å². The first-order valence-corrected chi connectivity index (χ1v) is 7.28. The zero-order chi connectivity index (χ0) is 18.5. The quantitative estimate of drug-likeness (QED) is 0.833. The molecule has 0 heterocycles. The monoisotopic (exact) mass is 344 g/mol. The average Bonchev–Trinajstić information content (AvgIpc) is 2.41. The molecule has 0 spiro atoms. The molecule has 24 heavy (non-hydrogen) atoms. The van der Waals surface area contributed by atoms with Crippen molar-refractivity contribution in [1.29, 1.82) is 0 Å². The van der Waals surface area contributed by atoms with Gasteiger partial charge in [-0.2, -0.15) is 0 Å². The van der Waals surface area contributed by atoms with Crippen molar-refractivity contribution in [3.05, 3.63) is 35.4 Å². The molecule has 0 aliphatic heterocycles. The van der Waals surface area contributed by atoms with Crippen LogP contribution < -0.4 is 5.32 Å². The van der Waals surface area contributed by atoms with E-state index >= 15 is 0 Å². The van der Waals surface area contributed by atoms with Gasteiger partial charge >= 0.3 is 6.09 Å². The molecule has 0 saturated carbocycles. The topological polar surface area (TPSA) is 67.9 Å². The number of nitrogens with zero attached hydrogens (tertiary/aromatic N) is 1. The number of hydrogen-bond acceptors (Lipinski definition) is 4. The normalized spacial score (nSPS) is 12.5. The maximum absolute atomic E-state index is 13.3. The number of carbonyl (C=O) groups is 2. The summed E-state index contributed by atoms with van der Waals surface area (Å²) >= 11 is 0. The Balaban J connectivity index is 2.96. The fraction of sp³-hybridized carbons (Fsp3) is 0.500. The van der Waals surface area contributed by atoms with Gasteiger partial charge in [-0.3, -0.25) is 9.63 Å². The standard InChI is InChI=1S/C16H22F2N2O4/c1-16(2,3)24-15(22)19-13(14(21)20(4)23-5)8-10-6-11(17)9-12(18)7-10/h6-7,9,13H,8H2,1-5H3,(H,19,22)/t13-/m1/s1. The first-order valence-electron chi connectivity index (χ1n) is 7.28. The van der Waals surface area contributed by atoms with Crippen LogP contribution in [0.15, 0.2) is 18.2 Å². The smallest absolute Gasteiger partial charge is 0.408 e. The summed E-state index contributed by atoms with van der Waals surface area (Å²) in [5.74, 6) is -2.13. The Hall–Kier alpha value is -2.22. The van der Waals surface area contributed by atoms with Gasteiger partial charge in [0.15, 0.2) is 0 Å². The highest BCUT2D eigenvalue weighted by atomic mass is 19.1. The number of benzene rings is 1. The lowest BCUT2D eigenvalue weighted by Crippen LogP contribution is -2.49. The molecule has 1 aromatic carbocycles. The van der Waals surface area contributed by atoms with Crippen LogP contribution in [0.1, 0.15) is 26.3 Å². The summed E-state index contributed by atoms with van der Waals surface area (Å²) in [6.07, 6.45) is -0.942. The second-order valence-corrected chi connectivity index (χ2v) is 6.20. The van der Waals surface area contributed by atoms with Crippen molar-refractivity contribution in [1.82, 2.24) is 10.4 Å². The van der Waals surface area contributed by atoms with Crippen molar-refractivity contribution in [3.63, 3.8) is 0 Å². The number of alkyl carbamates (subject to hydrolysis) is 1. The molecule has 0 unspecified atom stereocenters. The van der Waals surface area contributed by atoms with Gasteiger partial charge in [0, 0.05) is 19.5 Å². The Bertz CT molecular complexity index is 582. The van der Waals surface area contributed by atoms with Crippen LogP contribution in [0.2, 0.25) is 0 Å². The molecular formula is C16H22F2N2O4. The first-order chi connectivity index (χ1) is 11.0. The van der Waals surface area contributed by atoms with Crippen molar-refractivity contribution >= 4 is 12.0 Å². The summed E-state index contributed by atoms with van der Waals surface area (Å²) in [5.41, 5.74) is -0.540. The number of hydrogen-bond donors (Lipinski definition) is 1. The first kappa shape index (κ1) is 19.8. The minimum absolute atomic E-state index is 0.125. The van der Waals surface area contributed by atoms with Gasteiger partial charge in [-0.25, -0.2) is 18.6 Å². The fourth-order valence-corrected chi connectivity index (χ4v) is 1.92. The molecule has 1 atom stereocenters. The number of hydroxylamine groups is 2. The van der Waals surface area contributed by atoms with E-state index in [2.05, 4.69) is 5.32 Å². The molecule has 1 aromatic rings. The van der Waals surface area contributed by atoms with Crippen LogP contribution >= 0.6 is 0 Å². The molecule has 2 amide bonds. The van der Waals surface area contributed by atoms with E-state index < -0.39 is 35.3 Å². The van der Waals surface area contributed by atoms with Crippen LogP contribution in [0.5, 0.6) is 0 Å². The predicted molar refractivity (Wildman–Crippen MR) is 83.0 cm³/mol. The van der Waals surface area contributed by atoms with E-state index in [1.54, 1.807) is 20.8 Å². The highest BCUT2D eigenvalue weighted by Crippen LogP contribution is 2.13. The summed E-state index contributed by atoms with van der Waals surface area (Å²) < 4.78 is 31.7. The third-order valence-corrected chi connectivity index (χ3v) is 2.94. The zero-order valence-corrected chi connectivity index (χ0v) is 14.4. The third-order valence-electron chi connectivity index (χ3n) is 2.94. The molecule has 0 aliphatic carbocycles. The van der Waals surface area contributed by atoms with Gasteiger partial charge in [-0.1, -0.05) is 0 Å². The Morgan fingerprint density at radius 2 is 1.75 bits per heavy atom. The maximum Gasteiger partial charge on any atom is 0.408 e. The van der Waals surface area contributed by atoms with Crippen LogP contribution in [0.25, 0.3) is 0 Å². The van der Waals surface area contributed by atoms with E-state index in [0.29, 0.717) is 0 Å². The molecular weight excluding hydrogens is 322 g/mol. The van der Waals surface area contributed by atoms with Gasteiger partial charge < -0.3 is 10.1 Å². The van der Waals surface area contributed by atoms with Crippen molar-refractivity contribution in [2.75, 3.05) is 14.2 Å². The largest absolute Gasteiger partial charge is 0.444 e. The van der Waals surface area contributed by atoms with Gasteiger partial charge in [0.2, 0.25) is 0 Å². The Morgan fingerprint density at radius 1 is 1.21 bits per heavy atom. The molecule has 1 rings (SSSR count). The minimum Gasteiger partial charge on any atom is -0.444 e. The van der Waals surface area contributed by atoms with E-state index in [0.717, 1.165) is 23.3 Å². The Kier molecular flexibility index (Phi) is 6.65. The second kappa shape index (κ2) is 8.05. The van der Waals surface area contributed by atoms with Crippen LogP contribution in [-0.4, -0.2) is 42.9 Å². The Morgan fingerprint density at radius 3 is 2.21 bits per heavy atom. The number of rotatable bonds is 5. The number of amides is 2. The minimum atomic E-state index is -1.11. The number of nitrogens with one attached hydrogen (secondary N) is 1. The molecule has 0 fully saturated rings. The van der Waals surface area contributed by atoms with E-state index in [1.165, 1.54) is 14.2 Å². The lowest BCUT2D eigenvalue weighted by molar-refractivity contribution is -0.171. The van der Waals surface area contributed by atoms with Crippen LogP contribution in [0, 0.1) is 11.6 Å². The molecule has 134 valence electrons. The predicted octanol–water partition coefficient (Wildman–Crippen LogP) is 2.42. The summed E-state index contributed by atoms with van der Waals surface area (Å²) in [7, 11) is 2.64. The van der Waals surface area contributed by atoms with Crippen LogP contribution in [0.4, 0.5) is 13.6 Å². The maximum atomic E-state index is 13.3. The summed E-state index contributed by atoms with van der Waals surface area (Å²) in [4.78, 5) is 29.0. The lowest BCUT2D eigenvalue weighted by atomic mass is 10.0. The summed E-state index contributed by atoms with van der Waals surface area (Å²) in [6, 6.07) is 1.80. The molecule has 0 aliphatic rings. The molecule has 0 radical (unpaired) electrons. The zero-order valence-electron chi connectivity index (χ0n) is 14.4. The molecule has 0 bridgehead atoms. The highest BCUT2D eigenvalue weighted by molar-refractivity contribution is 5.85. The van der Waals surface area contributed by atoms with E-state index in [1.807, 2.05) is 0 Å². The Labute approximate surface area is 139 Å². The molecule has 8 heteroatoms. The second-order valence-electron chi connectivity index (χ2n) is 6.20. The van der Waals surface area contributed by atoms with E-state index in [9.17, 15) is 18.4 Å². The average molecular weight is 344 g/mol. The van der Waals surface area contributed by atoms with Gasteiger partial charge in [0.05, 0.1) is 7.11 Å². The molecule has 0 aromatic heterocycles. The number of halogens is 2. The van der Waals surface area contributed by atoms with Crippen LogP contribution in [0.3, 0.4) is 0 Å². The molecule has 6 nitrogen and oxygen atoms in total. The van der Waals surface area contributed by atoms with E-state index in [4.69, 9.17) is 9.57 Å². The summed E-state index contributed by atoms with van der Waals surface area (Å²) in [6.45, 7) is 5.02. The SMILES string of the molecule is CON(C)C(=O)[C@@H](Cc1cc(F)cc(F)c1)NC(=O)OC(C)(C)C. The third kappa shape index (κ3) is 6.49. The number of likely N-dealkylation sites (N-methyl/N-ethyl adjacent to an activating group) is 1. The number of carbonyl (C=O) groups excluding carboxylic acids is 2.